The molecular weight excluding hydrogens is 430 g/mol. The second-order valence-corrected chi connectivity index (χ2v) is 7.19. The van der Waals surface area contributed by atoms with Crippen molar-refractivity contribution in [2.45, 2.75) is 32.9 Å². The van der Waals surface area contributed by atoms with Crippen LogP contribution < -0.4 is 21.9 Å². The number of nitrogens with one attached hydrogen (secondary N) is 1. The summed E-state index contributed by atoms with van der Waals surface area (Å²) in [7, 11) is 0. The number of aromatic amines is 1. The number of hydrogen-bond acceptors (Lipinski definition) is 7. The number of unbranched alkanes of at least 4 members (excludes halogenated alkanes) is 1. The van der Waals surface area contributed by atoms with E-state index in [0.29, 0.717) is 17.7 Å². The molecule has 0 aliphatic rings. The molecule has 0 fully saturated rings. The number of nitro groups is 1. The zero-order chi connectivity index (χ0) is 24.0. The number of nitrogens with zero attached hydrogens (tertiary/aromatic N) is 3. The van der Waals surface area contributed by atoms with Gasteiger partial charge in [-0.15, -0.1) is 0 Å². The van der Waals surface area contributed by atoms with Crippen molar-refractivity contribution >= 4 is 29.2 Å². The van der Waals surface area contributed by atoms with E-state index >= 15 is 0 Å². The van der Waals surface area contributed by atoms with Gasteiger partial charge >= 0.3 is 5.69 Å². The Morgan fingerprint density at radius 3 is 2.76 bits per heavy atom. The Kier molecular flexibility index (Phi) is 7.24. The molecule has 3 aromatic rings. The van der Waals surface area contributed by atoms with Crippen LogP contribution in [-0.4, -0.2) is 20.4 Å². The predicted octanol–water partition coefficient (Wildman–Crippen LogP) is 2.67. The van der Waals surface area contributed by atoms with Crippen molar-refractivity contribution in [3.8, 4) is 0 Å². The van der Waals surface area contributed by atoms with Crippen molar-refractivity contribution in [3.05, 3.63) is 91.0 Å². The second kappa shape index (κ2) is 10.3. The highest BCUT2D eigenvalue weighted by Crippen LogP contribution is 2.21. The molecule has 33 heavy (non-hydrogen) atoms. The number of benzene rings is 1. The highest BCUT2D eigenvalue weighted by atomic mass is 16.6. The first-order valence-corrected chi connectivity index (χ1v) is 10.2. The highest BCUT2D eigenvalue weighted by Gasteiger charge is 2.24. The Morgan fingerprint density at radius 1 is 1.30 bits per heavy atom. The summed E-state index contributed by atoms with van der Waals surface area (Å²) in [5, 5.41) is 11.0. The third-order valence-electron chi connectivity index (χ3n) is 4.88. The smallest absolute Gasteiger partial charge is 0.330 e. The van der Waals surface area contributed by atoms with Crippen LogP contribution >= 0.6 is 0 Å². The zero-order valence-electron chi connectivity index (χ0n) is 17.9. The minimum atomic E-state index is -0.811. The fraction of sp³-hybridized carbons (Fsp3) is 0.227. The molecule has 1 aromatic carbocycles. The van der Waals surface area contributed by atoms with E-state index in [1.807, 2.05) is 6.92 Å². The Bertz CT molecular complexity index is 1290. The largest absolute Gasteiger partial charge is 0.467 e. The minimum Gasteiger partial charge on any atom is -0.467 e. The van der Waals surface area contributed by atoms with Gasteiger partial charge in [0.15, 0.2) is 5.69 Å². The summed E-state index contributed by atoms with van der Waals surface area (Å²) in [4.78, 5) is 51.9. The average molecular weight is 453 g/mol. The molecule has 2 heterocycles. The van der Waals surface area contributed by atoms with E-state index in [0.717, 1.165) is 11.3 Å². The van der Waals surface area contributed by atoms with Crippen molar-refractivity contribution in [2.24, 2.45) is 0 Å². The number of nitrogen functional groups attached to an aromatic ring is 1. The first kappa shape index (κ1) is 23.3. The number of non-ortho nitro benzene ring substituents is 1. The Labute approximate surface area is 187 Å². The number of H-pyrrole nitrogens is 1. The molecular formula is C22H23N5O6. The number of carbonyl (C=O) groups is 1. The minimum absolute atomic E-state index is 0.121. The molecule has 11 heteroatoms. The Balaban J connectivity index is 2.03. The first-order chi connectivity index (χ1) is 15.8. The number of hydrogen-bond donors (Lipinski definition) is 2. The van der Waals surface area contributed by atoms with E-state index in [9.17, 15) is 24.5 Å². The lowest BCUT2D eigenvalue weighted by Gasteiger charge is -2.22. The summed E-state index contributed by atoms with van der Waals surface area (Å²) in [5.41, 5.74) is 4.81. The molecule has 0 aliphatic heterocycles. The van der Waals surface area contributed by atoms with Gasteiger partial charge < -0.3 is 10.2 Å². The topological polar surface area (TPSA) is 157 Å². The average Bonchev–Trinajstić information content (AvgIpc) is 3.30. The van der Waals surface area contributed by atoms with Gasteiger partial charge in [0.1, 0.15) is 11.6 Å². The third-order valence-corrected chi connectivity index (χ3v) is 4.88. The molecule has 3 N–H and O–H groups in total. The molecule has 11 nitrogen and oxygen atoms in total. The summed E-state index contributed by atoms with van der Waals surface area (Å²) in [6, 6.07) is 9.00. The van der Waals surface area contributed by atoms with Gasteiger partial charge in [0.2, 0.25) is 0 Å². The Morgan fingerprint density at radius 2 is 2.09 bits per heavy atom. The van der Waals surface area contributed by atoms with E-state index in [2.05, 4.69) is 4.98 Å². The van der Waals surface area contributed by atoms with Gasteiger partial charge in [0.05, 0.1) is 17.7 Å². The van der Waals surface area contributed by atoms with Crippen LogP contribution in [-0.2, 0) is 17.9 Å². The van der Waals surface area contributed by atoms with Crippen molar-refractivity contribution in [3.63, 3.8) is 0 Å². The third kappa shape index (κ3) is 5.45. The van der Waals surface area contributed by atoms with Gasteiger partial charge in [-0.1, -0.05) is 25.5 Å². The van der Waals surface area contributed by atoms with Gasteiger partial charge in [-0.25, -0.2) is 4.79 Å². The number of nitro benzene ring substituents is 1. The normalized spacial score (nSPS) is 11.1. The molecule has 0 spiro atoms. The monoisotopic (exact) mass is 453 g/mol. The van der Waals surface area contributed by atoms with Gasteiger partial charge in [-0.05, 0) is 30.2 Å². The van der Waals surface area contributed by atoms with E-state index in [4.69, 9.17) is 10.2 Å². The number of rotatable bonds is 9. The molecule has 2 aromatic heterocycles. The zero-order valence-corrected chi connectivity index (χ0v) is 17.9. The van der Waals surface area contributed by atoms with E-state index in [1.165, 1.54) is 41.2 Å². The van der Waals surface area contributed by atoms with Crippen LogP contribution in [0.4, 0.5) is 17.2 Å². The van der Waals surface area contributed by atoms with Gasteiger partial charge in [-0.3, -0.25) is 34.2 Å². The molecule has 0 aliphatic carbocycles. The predicted molar refractivity (Wildman–Crippen MR) is 123 cm³/mol. The highest BCUT2D eigenvalue weighted by molar-refractivity contribution is 6.05. The van der Waals surface area contributed by atoms with Crippen LogP contribution in [0.3, 0.4) is 0 Å². The summed E-state index contributed by atoms with van der Waals surface area (Å²) < 4.78 is 6.54. The van der Waals surface area contributed by atoms with Crippen LogP contribution in [0.1, 0.15) is 31.1 Å². The van der Waals surface area contributed by atoms with Crippen LogP contribution in [0.2, 0.25) is 0 Å². The van der Waals surface area contributed by atoms with Crippen LogP contribution in [0.25, 0.3) is 6.08 Å². The molecule has 0 radical (unpaired) electrons. The van der Waals surface area contributed by atoms with Gasteiger partial charge in [0, 0.05) is 24.8 Å². The second-order valence-electron chi connectivity index (χ2n) is 7.19. The fourth-order valence-corrected chi connectivity index (χ4v) is 3.20. The van der Waals surface area contributed by atoms with Crippen LogP contribution in [0, 0.1) is 10.1 Å². The van der Waals surface area contributed by atoms with Crippen LogP contribution in [0.5, 0.6) is 0 Å². The molecule has 172 valence electrons. The fourth-order valence-electron chi connectivity index (χ4n) is 3.20. The maximum absolute atomic E-state index is 13.1. The number of furan rings is 1. The summed E-state index contributed by atoms with van der Waals surface area (Å²) in [6.07, 6.45) is 5.42. The number of amides is 1. The van der Waals surface area contributed by atoms with Crippen molar-refractivity contribution in [1.82, 2.24) is 9.55 Å². The first-order valence-electron chi connectivity index (χ1n) is 10.2. The van der Waals surface area contributed by atoms with Crippen molar-refractivity contribution < 1.29 is 14.1 Å². The standard InChI is InChI=1S/C22H23N5O6/c1-2-3-11-25-20(23)19(21(29)24-22(25)30)26(14-17-8-5-12-33-17)18(28)10-9-15-6-4-7-16(13-15)27(31)32/h4-10,12-13H,2-3,11,14,23H2,1H3,(H,24,29,30)/b10-9+. The Hall–Kier alpha value is -4.41. The molecule has 1 amide bonds. The summed E-state index contributed by atoms with van der Waals surface area (Å²) in [6.45, 7) is 2.10. The number of carbonyl (C=O) groups excluding carboxylic acids is 1. The maximum Gasteiger partial charge on any atom is 0.330 e. The molecule has 0 atom stereocenters. The number of anilines is 2. The number of nitrogens with two attached hydrogens (primary N) is 1. The maximum atomic E-state index is 13.1. The molecule has 3 rings (SSSR count). The lowest BCUT2D eigenvalue weighted by atomic mass is 10.2. The van der Waals surface area contributed by atoms with E-state index < -0.39 is 22.1 Å². The number of aromatic nitrogens is 2. The van der Waals surface area contributed by atoms with Crippen LogP contribution in [0.15, 0.2) is 62.7 Å². The lowest BCUT2D eigenvalue weighted by Crippen LogP contribution is -2.40. The molecule has 0 bridgehead atoms. The van der Waals surface area contributed by atoms with Crippen molar-refractivity contribution in [2.75, 3.05) is 10.6 Å². The quantitative estimate of drug-likeness (QED) is 0.286. The SMILES string of the molecule is CCCCn1c(N)c(N(Cc2ccco2)C(=O)/C=C/c2cccc([N+](=O)[O-])c2)c(=O)[nH]c1=O. The van der Waals surface area contributed by atoms with Gasteiger partial charge in [0.25, 0.3) is 17.2 Å². The lowest BCUT2D eigenvalue weighted by molar-refractivity contribution is -0.384. The van der Waals surface area contributed by atoms with E-state index in [-0.39, 0.29) is 30.3 Å². The van der Waals surface area contributed by atoms with E-state index in [1.54, 1.807) is 18.2 Å². The molecule has 0 saturated heterocycles. The van der Waals surface area contributed by atoms with Crippen molar-refractivity contribution in [1.29, 1.82) is 0 Å². The summed E-state index contributed by atoms with van der Waals surface area (Å²) >= 11 is 0. The molecule has 0 unspecified atom stereocenters. The summed E-state index contributed by atoms with van der Waals surface area (Å²) in [5.74, 6) is -0.381. The molecule has 0 saturated carbocycles. The van der Waals surface area contributed by atoms with Gasteiger partial charge in [-0.2, -0.15) is 0 Å².